The van der Waals surface area contributed by atoms with Crippen LogP contribution in [-0.4, -0.2) is 24.5 Å². The van der Waals surface area contributed by atoms with Crippen LogP contribution in [0.3, 0.4) is 0 Å². The van der Waals surface area contributed by atoms with E-state index in [1.54, 1.807) is 0 Å². The third kappa shape index (κ3) is 1.51. The molecule has 1 rings (SSSR count). The standard InChI is InChI=1S/C7H11N/c1-3-7(2)6-8-4-5-8/h3H,1-2,4-6H2. The Balaban J connectivity index is 2.16. The van der Waals surface area contributed by atoms with Crippen molar-refractivity contribution in [3.05, 3.63) is 24.8 Å². The molecule has 1 aliphatic heterocycles. The van der Waals surface area contributed by atoms with Gasteiger partial charge in [-0.1, -0.05) is 19.2 Å². The summed E-state index contributed by atoms with van der Waals surface area (Å²) in [5.74, 6) is 0. The van der Waals surface area contributed by atoms with E-state index < -0.39 is 0 Å². The first kappa shape index (κ1) is 5.57. The second-order valence-electron chi connectivity index (χ2n) is 2.14. The van der Waals surface area contributed by atoms with Gasteiger partial charge in [-0.3, -0.25) is 4.90 Å². The van der Waals surface area contributed by atoms with Gasteiger partial charge in [0.1, 0.15) is 0 Å². The van der Waals surface area contributed by atoms with Gasteiger partial charge >= 0.3 is 0 Å². The minimum Gasteiger partial charge on any atom is -0.297 e. The van der Waals surface area contributed by atoms with Crippen molar-refractivity contribution in [1.82, 2.24) is 4.90 Å². The van der Waals surface area contributed by atoms with Crippen molar-refractivity contribution in [3.63, 3.8) is 0 Å². The minimum atomic E-state index is 1.02. The lowest BCUT2D eigenvalue weighted by atomic mass is 10.3. The Hall–Kier alpha value is -0.560. The van der Waals surface area contributed by atoms with Gasteiger partial charge in [-0.25, -0.2) is 0 Å². The molecule has 0 aromatic rings. The molecule has 44 valence electrons. The van der Waals surface area contributed by atoms with Crippen molar-refractivity contribution in [3.8, 4) is 0 Å². The molecule has 8 heavy (non-hydrogen) atoms. The van der Waals surface area contributed by atoms with E-state index in [1.807, 2.05) is 6.08 Å². The molecule has 0 atom stereocenters. The van der Waals surface area contributed by atoms with E-state index in [-0.39, 0.29) is 0 Å². The molecule has 1 nitrogen and oxygen atoms in total. The predicted octanol–water partition coefficient (Wildman–Crippen LogP) is 1.04. The summed E-state index contributed by atoms with van der Waals surface area (Å²) in [5, 5.41) is 0. The molecule has 1 fully saturated rings. The Morgan fingerprint density at radius 1 is 1.62 bits per heavy atom. The monoisotopic (exact) mass is 109 g/mol. The van der Waals surface area contributed by atoms with E-state index in [9.17, 15) is 0 Å². The summed E-state index contributed by atoms with van der Waals surface area (Å²) in [6.07, 6.45) is 1.82. The molecule has 0 aromatic heterocycles. The van der Waals surface area contributed by atoms with Crippen LogP contribution in [0.1, 0.15) is 0 Å². The van der Waals surface area contributed by atoms with Gasteiger partial charge in [0.2, 0.25) is 0 Å². The molecule has 0 N–H and O–H groups in total. The van der Waals surface area contributed by atoms with Gasteiger partial charge in [0, 0.05) is 19.6 Å². The van der Waals surface area contributed by atoms with Gasteiger partial charge < -0.3 is 0 Å². The van der Waals surface area contributed by atoms with Crippen LogP contribution in [0.4, 0.5) is 0 Å². The van der Waals surface area contributed by atoms with Crippen LogP contribution in [-0.2, 0) is 0 Å². The van der Waals surface area contributed by atoms with Crippen LogP contribution >= 0.6 is 0 Å². The second-order valence-corrected chi connectivity index (χ2v) is 2.14. The first-order valence-electron chi connectivity index (χ1n) is 2.85. The molecular weight excluding hydrogens is 98.1 g/mol. The third-order valence-corrected chi connectivity index (χ3v) is 1.26. The topological polar surface area (TPSA) is 3.01 Å². The Kier molecular flexibility index (Phi) is 1.49. The zero-order valence-electron chi connectivity index (χ0n) is 5.06. The van der Waals surface area contributed by atoms with Crippen molar-refractivity contribution >= 4 is 0 Å². The third-order valence-electron chi connectivity index (χ3n) is 1.26. The molecule has 0 aliphatic carbocycles. The van der Waals surface area contributed by atoms with Gasteiger partial charge in [-0.05, 0) is 5.57 Å². The van der Waals surface area contributed by atoms with Crippen LogP contribution in [0, 0.1) is 0 Å². The average Bonchev–Trinajstić information content (AvgIpc) is 2.50. The van der Waals surface area contributed by atoms with Gasteiger partial charge in [0.15, 0.2) is 0 Å². The normalized spacial score (nSPS) is 18.0. The predicted molar refractivity (Wildman–Crippen MR) is 35.8 cm³/mol. The molecule has 1 saturated heterocycles. The highest BCUT2D eigenvalue weighted by Crippen LogP contribution is 2.06. The van der Waals surface area contributed by atoms with Gasteiger partial charge in [0.05, 0.1) is 0 Å². The highest BCUT2D eigenvalue weighted by Gasteiger charge is 2.15. The largest absolute Gasteiger partial charge is 0.297 e. The van der Waals surface area contributed by atoms with Gasteiger partial charge in [0.25, 0.3) is 0 Å². The molecule has 0 bridgehead atoms. The maximum atomic E-state index is 3.79. The molecule has 0 amide bonds. The fourth-order valence-corrected chi connectivity index (χ4v) is 0.581. The van der Waals surface area contributed by atoms with E-state index in [4.69, 9.17) is 0 Å². The first-order valence-corrected chi connectivity index (χ1v) is 2.85. The van der Waals surface area contributed by atoms with Crippen molar-refractivity contribution in [2.24, 2.45) is 0 Å². The first-order chi connectivity index (χ1) is 3.83. The summed E-state index contributed by atoms with van der Waals surface area (Å²) < 4.78 is 0. The number of rotatable bonds is 3. The highest BCUT2D eigenvalue weighted by molar-refractivity contribution is 5.13. The zero-order valence-corrected chi connectivity index (χ0v) is 5.06. The van der Waals surface area contributed by atoms with E-state index in [1.165, 1.54) is 13.1 Å². The average molecular weight is 109 g/mol. The maximum absolute atomic E-state index is 3.79. The summed E-state index contributed by atoms with van der Waals surface area (Å²) in [5.41, 5.74) is 1.13. The molecule has 1 heterocycles. The molecule has 0 spiro atoms. The van der Waals surface area contributed by atoms with Crippen LogP contribution < -0.4 is 0 Å². The fourth-order valence-electron chi connectivity index (χ4n) is 0.581. The van der Waals surface area contributed by atoms with Crippen molar-refractivity contribution in [1.29, 1.82) is 0 Å². The lowest BCUT2D eigenvalue weighted by Gasteiger charge is -1.96. The Morgan fingerprint density at radius 3 is 2.62 bits per heavy atom. The minimum absolute atomic E-state index is 1.02. The lowest BCUT2D eigenvalue weighted by Crippen LogP contribution is -1.98. The van der Waals surface area contributed by atoms with Crippen molar-refractivity contribution < 1.29 is 0 Å². The number of hydrogen-bond acceptors (Lipinski definition) is 1. The molecule has 0 saturated carbocycles. The number of hydrogen-bond donors (Lipinski definition) is 0. The molecule has 1 heteroatoms. The highest BCUT2D eigenvalue weighted by atomic mass is 15.2. The molecular formula is C7H11N. The van der Waals surface area contributed by atoms with Crippen LogP contribution in [0.5, 0.6) is 0 Å². The Labute approximate surface area is 50.3 Å². The van der Waals surface area contributed by atoms with E-state index >= 15 is 0 Å². The molecule has 0 unspecified atom stereocenters. The van der Waals surface area contributed by atoms with Crippen molar-refractivity contribution in [2.45, 2.75) is 0 Å². The van der Waals surface area contributed by atoms with Crippen molar-refractivity contribution in [2.75, 3.05) is 19.6 Å². The molecule has 0 radical (unpaired) electrons. The Bertz CT molecular complexity index is 112. The lowest BCUT2D eigenvalue weighted by molar-refractivity contribution is 0.618. The van der Waals surface area contributed by atoms with Gasteiger partial charge in [-0.15, -0.1) is 0 Å². The Morgan fingerprint density at radius 2 is 2.25 bits per heavy atom. The van der Waals surface area contributed by atoms with E-state index in [2.05, 4.69) is 18.1 Å². The summed E-state index contributed by atoms with van der Waals surface area (Å²) in [6.45, 7) is 10.9. The number of nitrogens with zero attached hydrogens (tertiary/aromatic N) is 1. The zero-order chi connectivity index (χ0) is 5.98. The van der Waals surface area contributed by atoms with E-state index in [0.717, 1.165) is 12.1 Å². The summed E-state index contributed by atoms with van der Waals surface area (Å²) in [4.78, 5) is 2.31. The summed E-state index contributed by atoms with van der Waals surface area (Å²) >= 11 is 0. The van der Waals surface area contributed by atoms with Crippen LogP contribution in [0.25, 0.3) is 0 Å². The quantitative estimate of drug-likeness (QED) is 0.386. The smallest absolute Gasteiger partial charge is 0.0228 e. The SMILES string of the molecule is C=CC(=C)CN1CC1. The fraction of sp³-hybridized carbons (Fsp3) is 0.429. The maximum Gasteiger partial charge on any atom is 0.0228 e. The summed E-state index contributed by atoms with van der Waals surface area (Å²) in [7, 11) is 0. The van der Waals surface area contributed by atoms with Crippen LogP contribution in [0.15, 0.2) is 24.8 Å². The van der Waals surface area contributed by atoms with Gasteiger partial charge in [-0.2, -0.15) is 0 Å². The summed E-state index contributed by atoms with van der Waals surface area (Å²) in [6, 6.07) is 0. The molecule has 1 aliphatic rings. The molecule has 0 aromatic carbocycles. The van der Waals surface area contributed by atoms with Crippen LogP contribution in [0.2, 0.25) is 0 Å². The second kappa shape index (κ2) is 2.14. The van der Waals surface area contributed by atoms with E-state index in [0.29, 0.717) is 0 Å².